The predicted octanol–water partition coefficient (Wildman–Crippen LogP) is 1.74. The zero-order valence-electron chi connectivity index (χ0n) is 12.7. The van der Waals surface area contributed by atoms with Crippen molar-refractivity contribution in [1.29, 1.82) is 0 Å². The number of hydrogen-bond donors (Lipinski definition) is 0. The molecule has 3 unspecified atom stereocenters. The third-order valence-electron chi connectivity index (χ3n) is 4.79. The molecule has 0 saturated carbocycles. The number of likely N-dealkylation sites (tertiary alicyclic amines) is 1. The Morgan fingerprint density at radius 3 is 2.22 bits per heavy atom. The van der Waals surface area contributed by atoms with Crippen LogP contribution >= 0.6 is 0 Å². The molecule has 0 aliphatic carbocycles. The quantitative estimate of drug-likeness (QED) is 0.758. The van der Waals surface area contributed by atoms with Crippen molar-refractivity contribution in [2.24, 2.45) is 5.92 Å². The van der Waals surface area contributed by atoms with Crippen LogP contribution in [0.1, 0.15) is 33.6 Å². The van der Waals surface area contributed by atoms with E-state index in [0.717, 1.165) is 18.0 Å². The third-order valence-corrected chi connectivity index (χ3v) is 4.79. The van der Waals surface area contributed by atoms with Crippen LogP contribution in [0.5, 0.6) is 0 Å². The Bertz CT molecular complexity index is 244. The average Bonchev–Trinajstić information content (AvgIpc) is 2.78. The molecule has 4 rings (SSSR count). The second kappa shape index (κ2) is 6.36. The van der Waals surface area contributed by atoms with Crippen LogP contribution in [0.2, 0.25) is 0 Å². The SMILES string of the molecule is CC.CCN1C2CC1CN(CC1CCN(C)C1)C2. The Morgan fingerprint density at radius 1 is 1.06 bits per heavy atom. The van der Waals surface area contributed by atoms with Gasteiger partial charge in [0.05, 0.1) is 0 Å². The van der Waals surface area contributed by atoms with Crippen molar-refractivity contribution in [3.8, 4) is 0 Å². The Labute approximate surface area is 113 Å². The van der Waals surface area contributed by atoms with Crippen LogP contribution < -0.4 is 0 Å². The molecule has 0 radical (unpaired) electrons. The summed E-state index contributed by atoms with van der Waals surface area (Å²) in [5.41, 5.74) is 0. The van der Waals surface area contributed by atoms with Crippen LogP contribution in [0.3, 0.4) is 0 Å². The molecule has 4 fully saturated rings. The molecule has 4 aliphatic rings. The van der Waals surface area contributed by atoms with Gasteiger partial charge < -0.3 is 4.90 Å². The maximum atomic E-state index is 2.73. The van der Waals surface area contributed by atoms with Gasteiger partial charge in [-0.2, -0.15) is 0 Å². The molecule has 0 N–H and O–H groups in total. The van der Waals surface area contributed by atoms with Gasteiger partial charge in [0.25, 0.3) is 0 Å². The lowest BCUT2D eigenvalue weighted by atomic mass is 9.87. The molecule has 18 heavy (non-hydrogen) atoms. The van der Waals surface area contributed by atoms with Crippen LogP contribution in [-0.4, -0.2) is 73.1 Å². The van der Waals surface area contributed by atoms with E-state index in [-0.39, 0.29) is 0 Å². The van der Waals surface area contributed by atoms with Gasteiger partial charge in [-0.25, -0.2) is 0 Å². The first-order valence-electron chi connectivity index (χ1n) is 7.93. The first-order valence-corrected chi connectivity index (χ1v) is 7.93. The Kier molecular flexibility index (Phi) is 5.05. The van der Waals surface area contributed by atoms with Gasteiger partial charge in [-0.05, 0) is 38.9 Å². The molecule has 4 saturated heterocycles. The molecule has 3 nitrogen and oxygen atoms in total. The Morgan fingerprint density at radius 2 is 1.72 bits per heavy atom. The van der Waals surface area contributed by atoms with Crippen molar-refractivity contribution in [3.63, 3.8) is 0 Å². The van der Waals surface area contributed by atoms with Gasteiger partial charge >= 0.3 is 0 Å². The fraction of sp³-hybridized carbons (Fsp3) is 1.00. The topological polar surface area (TPSA) is 9.72 Å². The molecule has 0 spiro atoms. The van der Waals surface area contributed by atoms with E-state index in [0.29, 0.717) is 0 Å². The minimum absolute atomic E-state index is 0.892. The van der Waals surface area contributed by atoms with E-state index < -0.39 is 0 Å². The van der Waals surface area contributed by atoms with Crippen LogP contribution in [0.15, 0.2) is 0 Å². The van der Waals surface area contributed by atoms with Crippen molar-refractivity contribution in [3.05, 3.63) is 0 Å². The molecular weight excluding hydrogens is 222 g/mol. The molecule has 0 amide bonds. The predicted molar refractivity (Wildman–Crippen MR) is 78.0 cm³/mol. The number of fused-ring (bicyclic) bond motifs is 2. The van der Waals surface area contributed by atoms with E-state index in [1.807, 2.05) is 13.8 Å². The molecule has 3 atom stereocenters. The van der Waals surface area contributed by atoms with Gasteiger partial charge in [0.15, 0.2) is 0 Å². The summed E-state index contributed by atoms with van der Waals surface area (Å²) in [4.78, 5) is 7.90. The monoisotopic (exact) mass is 253 g/mol. The number of rotatable bonds is 3. The zero-order valence-corrected chi connectivity index (χ0v) is 12.7. The maximum Gasteiger partial charge on any atom is 0.0241 e. The van der Waals surface area contributed by atoms with Crippen molar-refractivity contribution in [2.45, 2.75) is 45.7 Å². The van der Waals surface area contributed by atoms with E-state index in [2.05, 4.69) is 28.7 Å². The van der Waals surface area contributed by atoms with E-state index in [4.69, 9.17) is 0 Å². The van der Waals surface area contributed by atoms with Gasteiger partial charge in [0.1, 0.15) is 0 Å². The highest BCUT2D eigenvalue weighted by molar-refractivity contribution is 5.00. The summed E-state index contributed by atoms with van der Waals surface area (Å²) in [6.07, 6.45) is 2.88. The highest BCUT2D eigenvalue weighted by Gasteiger charge is 2.43. The standard InChI is InChI=1S/C13H25N3.C2H6/c1-3-16-12-6-13(16)10-15(9-12)8-11-4-5-14(2)7-11;1-2/h11-13H,3-10H2,1-2H3;1-2H3. The minimum Gasteiger partial charge on any atom is -0.306 e. The lowest BCUT2D eigenvalue weighted by Gasteiger charge is -2.56. The van der Waals surface area contributed by atoms with Crippen molar-refractivity contribution in [2.75, 3.05) is 46.3 Å². The smallest absolute Gasteiger partial charge is 0.0241 e. The van der Waals surface area contributed by atoms with E-state index >= 15 is 0 Å². The van der Waals surface area contributed by atoms with Crippen LogP contribution in [0.25, 0.3) is 0 Å². The Hall–Kier alpha value is -0.120. The largest absolute Gasteiger partial charge is 0.306 e. The molecule has 106 valence electrons. The normalized spacial score (nSPS) is 37.0. The number of likely N-dealkylation sites (N-methyl/N-ethyl adjacent to an activating group) is 1. The van der Waals surface area contributed by atoms with Gasteiger partial charge in [0, 0.05) is 38.3 Å². The average molecular weight is 253 g/mol. The number of nitrogens with zero attached hydrogens (tertiary/aromatic N) is 3. The number of hydrogen-bond acceptors (Lipinski definition) is 3. The third kappa shape index (κ3) is 2.89. The lowest BCUT2D eigenvalue weighted by Crippen LogP contribution is -2.68. The molecule has 3 heteroatoms. The second-order valence-electron chi connectivity index (χ2n) is 6.01. The second-order valence-corrected chi connectivity index (χ2v) is 6.01. The van der Waals surface area contributed by atoms with Crippen LogP contribution in [0, 0.1) is 5.92 Å². The minimum atomic E-state index is 0.892. The molecule has 0 aromatic rings. The van der Waals surface area contributed by atoms with Crippen molar-refractivity contribution in [1.82, 2.24) is 14.7 Å². The lowest BCUT2D eigenvalue weighted by molar-refractivity contribution is -0.0686. The Balaban J connectivity index is 0.000000574. The first kappa shape index (κ1) is 14.3. The molecule has 4 aliphatic heterocycles. The van der Waals surface area contributed by atoms with Crippen LogP contribution in [0.4, 0.5) is 0 Å². The van der Waals surface area contributed by atoms with Crippen LogP contribution in [-0.2, 0) is 0 Å². The zero-order chi connectivity index (χ0) is 13.1. The summed E-state index contributed by atoms with van der Waals surface area (Å²) in [5.74, 6) is 0.942. The summed E-state index contributed by atoms with van der Waals surface area (Å²) in [5, 5.41) is 0. The van der Waals surface area contributed by atoms with Gasteiger partial charge in [-0.15, -0.1) is 0 Å². The maximum absolute atomic E-state index is 2.73. The van der Waals surface area contributed by atoms with Gasteiger partial charge in [-0.1, -0.05) is 20.8 Å². The van der Waals surface area contributed by atoms with E-state index in [1.165, 1.54) is 52.1 Å². The summed E-state index contributed by atoms with van der Waals surface area (Å²) < 4.78 is 0. The highest BCUT2D eigenvalue weighted by Crippen LogP contribution is 2.32. The molecule has 4 heterocycles. The summed E-state index contributed by atoms with van der Waals surface area (Å²) in [6.45, 7) is 14.2. The summed E-state index contributed by atoms with van der Waals surface area (Å²) >= 11 is 0. The van der Waals surface area contributed by atoms with Crippen molar-refractivity contribution < 1.29 is 0 Å². The molecular formula is C15H31N3. The van der Waals surface area contributed by atoms with Gasteiger partial charge in [-0.3, -0.25) is 9.80 Å². The first-order chi connectivity index (χ1) is 8.76. The molecule has 2 bridgehead atoms. The number of piperidine rings is 1. The van der Waals surface area contributed by atoms with E-state index in [1.54, 1.807) is 0 Å². The van der Waals surface area contributed by atoms with Gasteiger partial charge in [0.2, 0.25) is 0 Å². The molecule has 0 aromatic carbocycles. The molecule has 0 aromatic heterocycles. The van der Waals surface area contributed by atoms with E-state index in [9.17, 15) is 0 Å². The van der Waals surface area contributed by atoms with Crippen molar-refractivity contribution >= 4 is 0 Å². The highest BCUT2D eigenvalue weighted by atomic mass is 15.4. The fourth-order valence-corrected chi connectivity index (χ4v) is 3.98. The fourth-order valence-electron chi connectivity index (χ4n) is 3.98. The summed E-state index contributed by atoms with van der Waals surface area (Å²) in [6, 6.07) is 1.78. The summed E-state index contributed by atoms with van der Waals surface area (Å²) in [7, 11) is 2.26. The number of piperazine rings is 1.